The van der Waals surface area contributed by atoms with E-state index in [1.54, 1.807) is 18.0 Å². The van der Waals surface area contributed by atoms with E-state index in [9.17, 15) is 4.79 Å². The van der Waals surface area contributed by atoms with Gasteiger partial charge in [0.2, 0.25) is 5.91 Å². The van der Waals surface area contributed by atoms with Crippen molar-refractivity contribution >= 4 is 23.4 Å². The molecule has 2 aromatic carbocycles. The van der Waals surface area contributed by atoms with Gasteiger partial charge in [0.15, 0.2) is 0 Å². The maximum Gasteiger partial charge on any atom is 0.230 e. The lowest BCUT2D eigenvalue weighted by Gasteiger charge is -2.29. The maximum atomic E-state index is 12.1. The Bertz CT molecular complexity index is 877. The summed E-state index contributed by atoms with van der Waals surface area (Å²) in [6.07, 6.45) is 1.61. The normalized spacial score (nSPS) is 15.0. The predicted molar refractivity (Wildman–Crippen MR) is 101 cm³/mol. The first-order valence-corrected chi connectivity index (χ1v) is 9.22. The number of rotatable bonds is 5. The molecule has 0 fully saturated rings. The fourth-order valence-electron chi connectivity index (χ4n) is 2.97. The van der Waals surface area contributed by atoms with Crippen LogP contribution in [0.1, 0.15) is 16.7 Å². The van der Waals surface area contributed by atoms with Crippen molar-refractivity contribution in [2.45, 2.75) is 11.9 Å². The molecule has 4 nitrogen and oxygen atoms in total. The molecule has 4 rings (SSSR count). The maximum absolute atomic E-state index is 12.1. The number of carbonyl (C=O) groups is 1. The molecule has 0 bridgehead atoms. The minimum Gasteiger partial charge on any atom is -0.467 e. The molecule has 1 amide bonds. The molecule has 126 valence electrons. The fraction of sp³-hybridized carbons (Fsp3) is 0.150. The monoisotopic (exact) mass is 350 g/mol. The number of fused-ring (bicyclic) bond motifs is 3. The van der Waals surface area contributed by atoms with Crippen LogP contribution in [-0.2, 0) is 11.3 Å². The quantitative estimate of drug-likeness (QED) is 0.715. The van der Waals surface area contributed by atoms with Gasteiger partial charge < -0.3 is 15.1 Å². The summed E-state index contributed by atoms with van der Waals surface area (Å²) in [4.78, 5) is 12.1. The van der Waals surface area contributed by atoms with Crippen molar-refractivity contribution in [1.82, 2.24) is 5.32 Å². The van der Waals surface area contributed by atoms with Crippen LogP contribution < -0.4 is 10.6 Å². The van der Waals surface area contributed by atoms with E-state index < -0.39 is 0 Å². The van der Waals surface area contributed by atoms with Gasteiger partial charge in [0.05, 0.1) is 23.9 Å². The van der Waals surface area contributed by atoms with Gasteiger partial charge in [-0.3, -0.25) is 4.79 Å². The molecule has 1 atom stereocenters. The lowest BCUT2D eigenvalue weighted by atomic mass is 9.95. The Labute approximate surface area is 150 Å². The summed E-state index contributed by atoms with van der Waals surface area (Å²) in [6, 6.07) is 20.3. The molecule has 0 unspecified atom stereocenters. The van der Waals surface area contributed by atoms with Crippen LogP contribution in [0.2, 0.25) is 0 Å². The minimum atomic E-state index is -0.000426. The standard InChI is InChI=1S/C20H18N2O2S/c23-19(21-12-14-6-5-11-24-14)13-25-20-17-9-2-1-7-15(17)16-8-3-4-10-18(16)22-20/h1-11,20,22H,12-13H2,(H,21,23)/t20-/m0/s1. The van der Waals surface area contributed by atoms with E-state index in [4.69, 9.17) is 4.42 Å². The summed E-state index contributed by atoms with van der Waals surface area (Å²) in [5, 5.41) is 6.49. The molecule has 0 saturated carbocycles. The van der Waals surface area contributed by atoms with E-state index in [-0.39, 0.29) is 11.3 Å². The number of hydrogen-bond acceptors (Lipinski definition) is 4. The number of thioether (sulfide) groups is 1. The van der Waals surface area contributed by atoms with Crippen molar-refractivity contribution < 1.29 is 9.21 Å². The number of amides is 1. The lowest BCUT2D eigenvalue weighted by Crippen LogP contribution is -2.25. The molecule has 0 radical (unpaired) electrons. The first-order chi connectivity index (χ1) is 12.3. The zero-order valence-electron chi connectivity index (χ0n) is 13.6. The highest BCUT2D eigenvalue weighted by atomic mass is 32.2. The van der Waals surface area contributed by atoms with Gasteiger partial charge in [-0.2, -0.15) is 0 Å². The van der Waals surface area contributed by atoms with Crippen LogP contribution in [0, 0.1) is 0 Å². The van der Waals surface area contributed by atoms with E-state index in [2.05, 4.69) is 41.0 Å². The first kappa shape index (κ1) is 15.8. The van der Waals surface area contributed by atoms with Gasteiger partial charge in [0, 0.05) is 11.3 Å². The predicted octanol–water partition coefficient (Wildman–Crippen LogP) is 4.42. The molecule has 3 aromatic rings. The second kappa shape index (κ2) is 7.07. The van der Waals surface area contributed by atoms with E-state index in [1.165, 1.54) is 16.7 Å². The highest BCUT2D eigenvalue weighted by Gasteiger charge is 2.24. The van der Waals surface area contributed by atoms with Crippen molar-refractivity contribution in [1.29, 1.82) is 0 Å². The summed E-state index contributed by atoms with van der Waals surface area (Å²) >= 11 is 1.60. The third kappa shape index (κ3) is 3.42. The van der Waals surface area contributed by atoms with Crippen LogP contribution in [-0.4, -0.2) is 11.7 Å². The van der Waals surface area contributed by atoms with Gasteiger partial charge in [-0.25, -0.2) is 0 Å². The summed E-state index contributed by atoms with van der Waals surface area (Å²) < 4.78 is 5.23. The molecular weight excluding hydrogens is 332 g/mol. The Morgan fingerprint density at radius 3 is 2.68 bits per heavy atom. The van der Waals surface area contributed by atoms with Gasteiger partial charge in [-0.1, -0.05) is 42.5 Å². The van der Waals surface area contributed by atoms with Crippen molar-refractivity contribution in [3.05, 3.63) is 78.3 Å². The van der Waals surface area contributed by atoms with Gasteiger partial charge in [0.25, 0.3) is 0 Å². The number of para-hydroxylation sites is 1. The third-order valence-corrected chi connectivity index (χ3v) is 5.30. The van der Waals surface area contributed by atoms with Crippen LogP contribution in [0.15, 0.2) is 71.3 Å². The smallest absolute Gasteiger partial charge is 0.230 e. The SMILES string of the molecule is O=C(CS[C@@H]1Nc2ccccc2-c2ccccc21)NCc1ccco1. The number of carbonyl (C=O) groups excluding carboxylic acids is 1. The number of nitrogens with one attached hydrogen (secondary N) is 2. The van der Waals surface area contributed by atoms with Gasteiger partial charge in [-0.05, 0) is 29.3 Å². The van der Waals surface area contributed by atoms with E-state index in [0.29, 0.717) is 12.3 Å². The number of furan rings is 1. The van der Waals surface area contributed by atoms with Crippen molar-refractivity contribution in [3.63, 3.8) is 0 Å². The number of anilines is 1. The summed E-state index contributed by atoms with van der Waals surface area (Å²) in [6.45, 7) is 0.421. The highest BCUT2D eigenvalue weighted by molar-refractivity contribution is 8.00. The van der Waals surface area contributed by atoms with E-state index in [1.807, 2.05) is 30.3 Å². The highest BCUT2D eigenvalue weighted by Crippen LogP contribution is 2.44. The third-order valence-electron chi connectivity index (χ3n) is 4.17. The molecule has 5 heteroatoms. The average Bonchev–Trinajstić information content (AvgIpc) is 3.18. The molecule has 2 heterocycles. The van der Waals surface area contributed by atoms with Gasteiger partial charge in [-0.15, -0.1) is 11.8 Å². The molecular formula is C20H18N2O2S. The van der Waals surface area contributed by atoms with Crippen molar-refractivity contribution in [3.8, 4) is 11.1 Å². The molecule has 25 heavy (non-hydrogen) atoms. The molecule has 1 aliphatic heterocycles. The Kier molecular flexibility index (Phi) is 4.48. The van der Waals surface area contributed by atoms with Crippen LogP contribution in [0.25, 0.3) is 11.1 Å². The lowest BCUT2D eigenvalue weighted by molar-refractivity contribution is -0.118. The summed E-state index contributed by atoms with van der Waals surface area (Å²) in [7, 11) is 0. The fourth-order valence-corrected chi connectivity index (χ4v) is 3.99. The van der Waals surface area contributed by atoms with E-state index in [0.717, 1.165) is 11.4 Å². The zero-order valence-corrected chi connectivity index (χ0v) is 14.4. The minimum absolute atomic E-state index is 0.000426. The Morgan fingerprint density at radius 2 is 1.84 bits per heavy atom. The number of benzene rings is 2. The number of hydrogen-bond donors (Lipinski definition) is 2. The van der Waals surface area contributed by atoms with Crippen LogP contribution >= 0.6 is 11.8 Å². The Morgan fingerprint density at radius 1 is 1.04 bits per heavy atom. The van der Waals surface area contributed by atoms with E-state index >= 15 is 0 Å². The second-order valence-electron chi connectivity index (χ2n) is 5.82. The summed E-state index contributed by atoms with van der Waals surface area (Å²) in [5.41, 5.74) is 4.75. The molecule has 0 saturated heterocycles. The molecule has 0 spiro atoms. The Hall–Kier alpha value is -2.66. The van der Waals surface area contributed by atoms with Crippen LogP contribution in [0.4, 0.5) is 5.69 Å². The zero-order chi connectivity index (χ0) is 17.1. The molecule has 0 aliphatic carbocycles. The topological polar surface area (TPSA) is 54.3 Å². The molecule has 2 N–H and O–H groups in total. The Balaban J connectivity index is 1.44. The first-order valence-electron chi connectivity index (χ1n) is 8.17. The molecule has 1 aliphatic rings. The largest absolute Gasteiger partial charge is 0.467 e. The van der Waals surface area contributed by atoms with Crippen molar-refractivity contribution in [2.75, 3.05) is 11.1 Å². The van der Waals surface area contributed by atoms with Crippen molar-refractivity contribution in [2.24, 2.45) is 0 Å². The average molecular weight is 350 g/mol. The van der Waals surface area contributed by atoms with Crippen LogP contribution in [0.5, 0.6) is 0 Å². The second-order valence-corrected chi connectivity index (χ2v) is 6.92. The molecule has 1 aromatic heterocycles. The summed E-state index contributed by atoms with van der Waals surface area (Å²) in [5.74, 6) is 1.14. The van der Waals surface area contributed by atoms with Crippen LogP contribution in [0.3, 0.4) is 0 Å². The van der Waals surface area contributed by atoms with Gasteiger partial charge >= 0.3 is 0 Å². The van der Waals surface area contributed by atoms with Gasteiger partial charge in [0.1, 0.15) is 5.76 Å².